The van der Waals surface area contributed by atoms with Crippen molar-refractivity contribution in [2.45, 2.75) is 31.7 Å². The molecule has 2 saturated carbocycles. The van der Waals surface area contributed by atoms with Gasteiger partial charge in [0.05, 0.1) is 5.69 Å². The summed E-state index contributed by atoms with van der Waals surface area (Å²) < 4.78 is 0. The summed E-state index contributed by atoms with van der Waals surface area (Å²) in [7, 11) is 0. The molecule has 3 fully saturated rings. The first-order valence-electron chi connectivity index (χ1n) is 8.79. The summed E-state index contributed by atoms with van der Waals surface area (Å²) in [5, 5.41) is 14.6. The van der Waals surface area contributed by atoms with E-state index in [2.05, 4.69) is 15.1 Å². The third-order valence-corrected chi connectivity index (χ3v) is 6.21. The highest BCUT2D eigenvalue weighted by atomic mass is 32.1. The minimum Gasteiger partial charge on any atom is -0.506 e. The van der Waals surface area contributed by atoms with Gasteiger partial charge in [-0.25, -0.2) is 0 Å². The summed E-state index contributed by atoms with van der Waals surface area (Å²) in [6.45, 7) is 3.63. The molecule has 0 amide bonds. The van der Waals surface area contributed by atoms with Gasteiger partial charge < -0.3 is 20.2 Å². The average Bonchev–Trinajstić information content (AvgIpc) is 3.18. The van der Waals surface area contributed by atoms with Crippen molar-refractivity contribution in [3.8, 4) is 5.75 Å². The SMILES string of the molecule is Oc1ccccc1N1CCN(C(=S)N[C@H]2C[C@@H]3CC[C@@H]2C3)CC1. The number of hydrogen-bond acceptors (Lipinski definition) is 3. The molecule has 1 aliphatic heterocycles. The van der Waals surface area contributed by atoms with Crippen molar-refractivity contribution < 1.29 is 5.11 Å². The first-order valence-corrected chi connectivity index (χ1v) is 9.20. The number of anilines is 1. The molecule has 1 aromatic carbocycles. The zero-order chi connectivity index (χ0) is 15.8. The average molecular weight is 331 g/mol. The van der Waals surface area contributed by atoms with E-state index in [4.69, 9.17) is 12.2 Å². The van der Waals surface area contributed by atoms with Crippen molar-refractivity contribution in [1.29, 1.82) is 0 Å². The topological polar surface area (TPSA) is 38.7 Å². The second-order valence-electron chi connectivity index (χ2n) is 7.19. The van der Waals surface area contributed by atoms with Gasteiger partial charge in [0.1, 0.15) is 5.75 Å². The van der Waals surface area contributed by atoms with Crippen molar-refractivity contribution in [2.24, 2.45) is 11.8 Å². The Morgan fingerprint density at radius 1 is 1.09 bits per heavy atom. The van der Waals surface area contributed by atoms with Gasteiger partial charge >= 0.3 is 0 Å². The van der Waals surface area contributed by atoms with Gasteiger partial charge in [0.15, 0.2) is 5.11 Å². The van der Waals surface area contributed by atoms with Crippen LogP contribution >= 0.6 is 12.2 Å². The molecule has 4 nitrogen and oxygen atoms in total. The van der Waals surface area contributed by atoms with E-state index >= 15 is 0 Å². The van der Waals surface area contributed by atoms with Crippen LogP contribution in [0.25, 0.3) is 0 Å². The Kier molecular flexibility index (Phi) is 4.05. The van der Waals surface area contributed by atoms with E-state index in [0.29, 0.717) is 11.8 Å². The molecular weight excluding hydrogens is 306 g/mol. The van der Waals surface area contributed by atoms with E-state index in [1.807, 2.05) is 18.2 Å². The molecule has 0 spiro atoms. The Bertz CT molecular complexity index is 585. The number of para-hydroxylation sites is 2. The Balaban J connectivity index is 1.31. The predicted octanol–water partition coefficient (Wildman–Crippen LogP) is 2.58. The number of fused-ring (bicyclic) bond motifs is 2. The molecule has 2 bridgehead atoms. The van der Waals surface area contributed by atoms with Crippen LogP contribution in [0.5, 0.6) is 5.75 Å². The number of nitrogens with zero attached hydrogens (tertiary/aromatic N) is 2. The smallest absolute Gasteiger partial charge is 0.169 e. The number of phenolic OH excluding ortho intramolecular Hbond substituents is 1. The molecule has 0 radical (unpaired) electrons. The van der Waals surface area contributed by atoms with Crippen LogP contribution in [-0.2, 0) is 0 Å². The lowest BCUT2D eigenvalue weighted by Gasteiger charge is -2.38. The second-order valence-corrected chi connectivity index (χ2v) is 7.58. The normalized spacial score (nSPS) is 29.8. The molecule has 1 heterocycles. The van der Waals surface area contributed by atoms with E-state index in [1.54, 1.807) is 6.07 Å². The number of phenols is 1. The summed E-state index contributed by atoms with van der Waals surface area (Å²) in [6, 6.07) is 8.18. The number of benzene rings is 1. The van der Waals surface area contributed by atoms with Crippen LogP contribution in [0.1, 0.15) is 25.7 Å². The van der Waals surface area contributed by atoms with Gasteiger partial charge in [-0.2, -0.15) is 0 Å². The molecule has 124 valence electrons. The van der Waals surface area contributed by atoms with Crippen LogP contribution < -0.4 is 10.2 Å². The maximum atomic E-state index is 9.99. The maximum absolute atomic E-state index is 9.99. The van der Waals surface area contributed by atoms with Gasteiger partial charge in [0, 0.05) is 32.2 Å². The third kappa shape index (κ3) is 2.99. The summed E-state index contributed by atoms with van der Waals surface area (Å²) >= 11 is 5.65. The van der Waals surface area contributed by atoms with Crippen LogP contribution in [0, 0.1) is 11.8 Å². The highest BCUT2D eigenvalue weighted by Crippen LogP contribution is 2.44. The van der Waals surface area contributed by atoms with Crippen molar-refractivity contribution in [3.63, 3.8) is 0 Å². The minimum absolute atomic E-state index is 0.364. The van der Waals surface area contributed by atoms with Crippen molar-refractivity contribution in [2.75, 3.05) is 31.1 Å². The molecule has 0 aromatic heterocycles. The Morgan fingerprint density at radius 2 is 1.87 bits per heavy atom. The fraction of sp³-hybridized carbons (Fsp3) is 0.611. The van der Waals surface area contributed by atoms with Gasteiger partial charge in [-0.15, -0.1) is 0 Å². The molecule has 3 atom stereocenters. The van der Waals surface area contributed by atoms with Crippen molar-refractivity contribution in [1.82, 2.24) is 10.2 Å². The molecule has 4 rings (SSSR count). The van der Waals surface area contributed by atoms with Gasteiger partial charge in [-0.3, -0.25) is 0 Å². The predicted molar refractivity (Wildman–Crippen MR) is 96.9 cm³/mol. The number of rotatable bonds is 2. The first kappa shape index (κ1) is 15.1. The van der Waals surface area contributed by atoms with E-state index in [0.717, 1.165) is 48.8 Å². The molecule has 5 heteroatoms. The van der Waals surface area contributed by atoms with Crippen LogP contribution in [0.4, 0.5) is 5.69 Å². The number of aromatic hydroxyl groups is 1. The molecule has 0 unspecified atom stereocenters. The zero-order valence-electron chi connectivity index (χ0n) is 13.4. The molecular formula is C18H25N3OS. The Morgan fingerprint density at radius 3 is 2.52 bits per heavy atom. The summed E-state index contributed by atoms with van der Waals surface area (Å²) in [5.74, 6) is 2.15. The summed E-state index contributed by atoms with van der Waals surface area (Å²) in [4.78, 5) is 4.53. The van der Waals surface area contributed by atoms with Gasteiger partial charge in [0.25, 0.3) is 0 Å². The standard InChI is InChI=1S/C18H25N3OS/c22-17-4-2-1-3-16(17)20-7-9-21(10-8-20)18(23)19-15-12-13-5-6-14(15)11-13/h1-4,13-15,22H,5-12H2,(H,19,23)/t13-,14-,15+/m1/s1. The second kappa shape index (κ2) is 6.19. The third-order valence-electron chi connectivity index (χ3n) is 5.84. The fourth-order valence-corrected chi connectivity index (χ4v) is 4.89. The molecule has 23 heavy (non-hydrogen) atoms. The first-order chi connectivity index (χ1) is 11.2. The van der Waals surface area contributed by atoms with Gasteiger partial charge in [0.2, 0.25) is 0 Å². The zero-order valence-corrected chi connectivity index (χ0v) is 14.3. The van der Waals surface area contributed by atoms with Crippen LogP contribution in [0.15, 0.2) is 24.3 Å². The largest absolute Gasteiger partial charge is 0.506 e. The Hall–Kier alpha value is -1.49. The molecule has 2 N–H and O–H groups in total. The fourth-order valence-electron chi connectivity index (χ4n) is 4.55. The van der Waals surface area contributed by atoms with Crippen LogP contribution in [-0.4, -0.2) is 47.3 Å². The van der Waals surface area contributed by atoms with Gasteiger partial charge in [-0.05, 0) is 55.4 Å². The van der Waals surface area contributed by atoms with Gasteiger partial charge in [-0.1, -0.05) is 18.6 Å². The summed E-state index contributed by atoms with van der Waals surface area (Å²) in [5.41, 5.74) is 0.930. The molecule has 1 saturated heterocycles. The van der Waals surface area contributed by atoms with Crippen molar-refractivity contribution >= 4 is 23.0 Å². The lowest BCUT2D eigenvalue weighted by molar-refractivity contribution is 0.344. The highest BCUT2D eigenvalue weighted by Gasteiger charge is 2.40. The quantitative estimate of drug-likeness (QED) is 0.815. The lowest BCUT2D eigenvalue weighted by atomic mass is 9.95. The molecule has 2 aliphatic carbocycles. The van der Waals surface area contributed by atoms with Crippen LogP contribution in [0.2, 0.25) is 0 Å². The number of hydrogen-bond donors (Lipinski definition) is 2. The van der Waals surface area contributed by atoms with Crippen LogP contribution in [0.3, 0.4) is 0 Å². The van der Waals surface area contributed by atoms with E-state index in [-0.39, 0.29) is 0 Å². The minimum atomic E-state index is 0.364. The monoisotopic (exact) mass is 331 g/mol. The Labute approximate surface area is 143 Å². The van der Waals surface area contributed by atoms with E-state index in [9.17, 15) is 5.11 Å². The molecule has 1 aromatic rings. The highest BCUT2D eigenvalue weighted by molar-refractivity contribution is 7.80. The number of thiocarbonyl (C=S) groups is 1. The summed E-state index contributed by atoms with van der Waals surface area (Å²) in [6.07, 6.45) is 5.52. The number of nitrogens with one attached hydrogen (secondary N) is 1. The van der Waals surface area contributed by atoms with Crippen molar-refractivity contribution in [3.05, 3.63) is 24.3 Å². The maximum Gasteiger partial charge on any atom is 0.169 e. The number of piperazine rings is 1. The van der Waals surface area contributed by atoms with E-state index < -0.39 is 0 Å². The molecule has 3 aliphatic rings. The van der Waals surface area contributed by atoms with E-state index in [1.165, 1.54) is 25.7 Å². The lowest BCUT2D eigenvalue weighted by Crippen LogP contribution is -2.54.